The van der Waals surface area contributed by atoms with Crippen LogP contribution >= 0.6 is 0 Å². The number of aromatic nitrogens is 1. The van der Waals surface area contributed by atoms with Gasteiger partial charge < -0.3 is 4.74 Å². The summed E-state index contributed by atoms with van der Waals surface area (Å²) in [7, 11) is 0. The SMILES string of the molecule is CC(C)OC(C)c1ccccn1. The fourth-order valence-electron chi connectivity index (χ4n) is 1.09. The summed E-state index contributed by atoms with van der Waals surface area (Å²) in [5.41, 5.74) is 0.992. The van der Waals surface area contributed by atoms with E-state index in [1.54, 1.807) is 6.20 Å². The zero-order valence-electron chi connectivity index (χ0n) is 7.82. The van der Waals surface area contributed by atoms with Crippen molar-refractivity contribution in [2.45, 2.75) is 33.0 Å². The van der Waals surface area contributed by atoms with E-state index in [2.05, 4.69) is 4.98 Å². The van der Waals surface area contributed by atoms with Crippen LogP contribution < -0.4 is 0 Å². The molecule has 2 nitrogen and oxygen atoms in total. The van der Waals surface area contributed by atoms with Gasteiger partial charge in [-0.15, -0.1) is 0 Å². The number of rotatable bonds is 3. The Hall–Kier alpha value is -0.890. The lowest BCUT2D eigenvalue weighted by molar-refractivity contribution is 0.0155. The van der Waals surface area contributed by atoms with Crippen LogP contribution in [0.15, 0.2) is 24.4 Å². The Balaban J connectivity index is 2.59. The first-order chi connectivity index (χ1) is 5.70. The van der Waals surface area contributed by atoms with Crippen LogP contribution in [-0.2, 0) is 4.74 Å². The van der Waals surface area contributed by atoms with Crippen LogP contribution in [0.25, 0.3) is 0 Å². The zero-order chi connectivity index (χ0) is 8.97. The molecular formula is C10H15NO. The maximum atomic E-state index is 5.57. The molecule has 0 saturated carbocycles. The van der Waals surface area contributed by atoms with Crippen LogP contribution in [0.3, 0.4) is 0 Å². The smallest absolute Gasteiger partial charge is 0.0969 e. The van der Waals surface area contributed by atoms with E-state index >= 15 is 0 Å². The van der Waals surface area contributed by atoms with Gasteiger partial charge in [-0.25, -0.2) is 0 Å². The molecule has 0 saturated heterocycles. The molecule has 1 rings (SSSR count). The van der Waals surface area contributed by atoms with Gasteiger partial charge >= 0.3 is 0 Å². The molecule has 0 fully saturated rings. The maximum absolute atomic E-state index is 5.57. The Morgan fingerprint density at radius 2 is 2.00 bits per heavy atom. The molecule has 0 aliphatic rings. The minimum absolute atomic E-state index is 0.0891. The predicted octanol–water partition coefficient (Wildman–Crippen LogP) is 2.57. The van der Waals surface area contributed by atoms with Gasteiger partial charge in [-0.2, -0.15) is 0 Å². The summed E-state index contributed by atoms with van der Waals surface area (Å²) in [5, 5.41) is 0. The fraction of sp³-hybridized carbons (Fsp3) is 0.500. The molecule has 0 aliphatic carbocycles. The van der Waals surface area contributed by atoms with E-state index in [-0.39, 0.29) is 12.2 Å². The molecule has 1 aromatic heterocycles. The molecule has 0 bridgehead atoms. The maximum Gasteiger partial charge on any atom is 0.0969 e. The topological polar surface area (TPSA) is 22.1 Å². The highest BCUT2D eigenvalue weighted by molar-refractivity contribution is 5.05. The van der Waals surface area contributed by atoms with E-state index in [4.69, 9.17) is 4.74 Å². The molecule has 1 unspecified atom stereocenters. The number of hydrogen-bond donors (Lipinski definition) is 0. The third kappa shape index (κ3) is 2.62. The van der Waals surface area contributed by atoms with Crippen molar-refractivity contribution in [2.24, 2.45) is 0 Å². The Kier molecular flexibility index (Phi) is 3.23. The fourth-order valence-corrected chi connectivity index (χ4v) is 1.09. The molecule has 1 aromatic rings. The van der Waals surface area contributed by atoms with Crippen LogP contribution in [0, 0.1) is 0 Å². The summed E-state index contributed by atoms with van der Waals surface area (Å²) in [5.74, 6) is 0. The van der Waals surface area contributed by atoms with Crippen molar-refractivity contribution in [3.05, 3.63) is 30.1 Å². The molecule has 66 valence electrons. The molecule has 1 heterocycles. The van der Waals surface area contributed by atoms with Crippen LogP contribution in [-0.4, -0.2) is 11.1 Å². The Morgan fingerprint density at radius 3 is 2.50 bits per heavy atom. The van der Waals surface area contributed by atoms with Crippen molar-refractivity contribution >= 4 is 0 Å². The first-order valence-electron chi connectivity index (χ1n) is 4.26. The van der Waals surface area contributed by atoms with Crippen molar-refractivity contribution < 1.29 is 4.74 Å². The molecule has 0 amide bonds. The normalized spacial score (nSPS) is 13.3. The lowest BCUT2D eigenvalue weighted by Crippen LogP contribution is -2.08. The standard InChI is InChI=1S/C10H15NO/c1-8(2)12-9(3)10-6-4-5-7-11-10/h4-9H,1-3H3. The number of hydrogen-bond acceptors (Lipinski definition) is 2. The third-order valence-electron chi connectivity index (χ3n) is 1.58. The lowest BCUT2D eigenvalue weighted by Gasteiger charge is -2.14. The summed E-state index contributed by atoms with van der Waals surface area (Å²) in [6.07, 6.45) is 2.13. The van der Waals surface area contributed by atoms with Crippen molar-refractivity contribution in [3.8, 4) is 0 Å². The highest BCUT2D eigenvalue weighted by atomic mass is 16.5. The summed E-state index contributed by atoms with van der Waals surface area (Å²) in [6, 6.07) is 5.86. The van der Waals surface area contributed by atoms with E-state index in [9.17, 15) is 0 Å². The van der Waals surface area contributed by atoms with Crippen LogP contribution in [0.4, 0.5) is 0 Å². The second kappa shape index (κ2) is 4.21. The first kappa shape index (κ1) is 9.20. The van der Waals surface area contributed by atoms with Crippen molar-refractivity contribution in [2.75, 3.05) is 0 Å². The average molecular weight is 165 g/mol. The quantitative estimate of drug-likeness (QED) is 0.686. The van der Waals surface area contributed by atoms with E-state index in [0.29, 0.717) is 0 Å². The van der Waals surface area contributed by atoms with E-state index < -0.39 is 0 Å². The second-order valence-electron chi connectivity index (χ2n) is 3.08. The highest BCUT2D eigenvalue weighted by Crippen LogP contribution is 2.14. The lowest BCUT2D eigenvalue weighted by atomic mass is 10.2. The van der Waals surface area contributed by atoms with Gasteiger partial charge in [0, 0.05) is 6.20 Å². The van der Waals surface area contributed by atoms with E-state index in [1.807, 2.05) is 39.0 Å². The predicted molar refractivity (Wildman–Crippen MR) is 48.9 cm³/mol. The first-order valence-corrected chi connectivity index (χ1v) is 4.26. The van der Waals surface area contributed by atoms with E-state index in [0.717, 1.165) is 5.69 Å². The number of nitrogens with zero attached hydrogens (tertiary/aromatic N) is 1. The Bertz CT molecular complexity index is 221. The monoisotopic (exact) mass is 165 g/mol. The molecule has 2 heteroatoms. The second-order valence-corrected chi connectivity index (χ2v) is 3.08. The van der Waals surface area contributed by atoms with Crippen LogP contribution in [0.1, 0.15) is 32.6 Å². The summed E-state index contributed by atoms with van der Waals surface area (Å²) >= 11 is 0. The largest absolute Gasteiger partial charge is 0.370 e. The van der Waals surface area contributed by atoms with Gasteiger partial charge in [0.05, 0.1) is 17.9 Å². The van der Waals surface area contributed by atoms with Gasteiger partial charge in [0.15, 0.2) is 0 Å². The van der Waals surface area contributed by atoms with E-state index in [1.165, 1.54) is 0 Å². The highest BCUT2D eigenvalue weighted by Gasteiger charge is 2.07. The Labute approximate surface area is 73.6 Å². The number of pyridine rings is 1. The van der Waals surface area contributed by atoms with Crippen molar-refractivity contribution in [1.29, 1.82) is 0 Å². The number of ether oxygens (including phenoxy) is 1. The third-order valence-corrected chi connectivity index (χ3v) is 1.58. The average Bonchev–Trinajstić information content (AvgIpc) is 2.05. The molecule has 12 heavy (non-hydrogen) atoms. The van der Waals surface area contributed by atoms with Crippen molar-refractivity contribution in [1.82, 2.24) is 4.98 Å². The molecule has 0 spiro atoms. The summed E-state index contributed by atoms with van der Waals surface area (Å²) in [6.45, 7) is 6.07. The molecule has 0 aromatic carbocycles. The summed E-state index contributed by atoms with van der Waals surface area (Å²) < 4.78 is 5.57. The molecule has 0 aliphatic heterocycles. The molecule has 0 radical (unpaired) electrons. The van der Waals surface area contributed by atoms with Gasteiger partial charge in [-0.1, -0.05) is 6.07 Å². The van der Waals surface area contributed by atoms with Gasteiger partial charge in [-0.3, -0.25) is 4.98 Å². The summed E-state index contributed by atoms with van der Waals surface area (Å²) in [4.78, 5) is 4.21. The molecular weight excluding hydrogens is 150 g/mol. The molecule has 1 atom stereocenters. The minimum atomic E-state index is 0.0891. The van der Waals surface area contributed by atoms with Crippen molar-refractivity contribution in [3.63, 3.8) is 0 Å². The van der Waals surface area contributed by atoms with Gasteiger partial charge in [-0.05, 0) is 32.9 Å². The zero-order valence-corrected chi connectivity index (χ0v) is 7.82. The van der Waals surface area contributed by atoms with Crippen LogP contribution in [0.2, 0.25) is 0 Å². The minimum Gasteiger partial charge on any atom is -0.370 e. The molecule has 0 N–H and O–H groups in total. The van der Waals surface area contributed by atoms with Gasteiger partial charge in [0.2, 0.25) is 0 Å². The van der Waals surface area contributed by atoms with Gasteiger partial charge in [0.1, 0.15) is 0 Å². The Morgan fingerprint density at radius 1 is 1.25 bits per heavy atom. The van der Waals surface area contributed by atoms with Gasteiger partial charge in [0.25, 0.3) is 0 Å². The van der Waals surface area contributed by atoms with Crippen LogP contribution in [0.5, 0.6) is 0 Å².